The monoisotopic (exact) mass is 399 g/mol. The van der Waals surface area contributed by atoms with E-state index >= 15 is 0 Å². The number of fused-ring (bicyclic) bond motifs is 2. The molecule has 0 aliphatic carbocycles. The van der Waals surface area contributed by atoms with Crippen molar-refractivity contribution in [2.45, 2.75) is 30.3 Å². The first-order chi connectivity index (χ1) is 11.9. The normalized spacial score (nSPS) is 25.7. The topological polar surface area (TPSA) is 106 Å². The summed E-state index contributed by atoms with van der Waals surface area (Å²) in [6.45, 7) is 3.42. The van der Waals surface area contributed by atoms with Crippen LogP contribution in [0.5, 0.6) is 0 Å². The van der Waals surface area contributed by atoms with Crippen LogP contribution in [0.3, 0.4) is 0 Å². The second-order valence-corrected chi connectivity index (χ2v) is 8.48. The molecule has 1 fully saturated rings. The maximum absolute atomic E-state index is 12.3. The molecule has 130 valence electrons. The minimum absolute atomic E-state index is 0. The molecular weight excluding hydrogens is 385 g/mol. The summed E-state index contributed by atoms with van der Waals surface area (Å²) >= 11 is 2.66. The van der Waals surface area contributed by atoms with Crippen LogP contribution in [0.2, 0.25) is 0 Å². The van der Waals surface area contributed by atoms with E-state index in [2.05, 4.69) is 9.97 Å². The van der Waals surface area contributed by atoms with E-state index < -0.39 is 18.0 Å². The summed E-state index contributed by atoms with van der Waals surface area (Å²) in [5, 5.41) is 21.5. The van der Waals surface area contributed by atoms with Crippen LogP contribution in [0.4, 0.5) is 0 Å². The number of β-lactam (4-membered cyclic amide) rings is 1. The first-order valence-corrected chi connectivity index (χ1v) is 9.39. The number of hydrogen-bond acceptors (Lipinski definition) is 8. The van der Waals surface area contributed by atoms with Gasteiger partial charge < -0.3 is 19.9 Å². The molecule has 4 unspecified atom stereocenters. The molecule has 0 radical (unpaired) electrons. The number of amides is 1. The average molecular weight is 399 g/mol. The van der Waals surface area contributed by atoms with Crippen LogP contribution in [-0.4, -0.2) is 44.0 Å². The zero-order valence-corrected chi connectivity index (χ0v) is 18.0. The summed E-state index contributed by atoms with van der Waals surface area (Å²) in [6.07, 6.45) is 0.827. The first kappa shape index (κ1) is 19.8. The Balaban J connectivity index is 0.00000196. The quantitative estimate of drug-likeness (QED) is 0.452. The zero-order valence-electron chi connectivity index (χ0n) is 14.4. The van der Waals surface area contributed by atoms with Gasteiger partial charge in [0.05, 0.1) is 34.4 Å². The fourth-order valence-corrected chi connectivity index (χ4v) is 5.82. The minimum Gasteiger partial charge on any atom is -0.543 e. The van der Waals surface area contributed by atoms with Crippen LogP contribution in [0.15, 0.2) is 33.3 Å². The molecule has 26 heavy (non-hydrogen) atoms. The van der Waals surface area contributed by atoms with Crippen molar-refractivity contribution < 1.29 is 49.4 Å². The van der Waals surface area contributed by atoms with Crippen molar-refractivity contribution >= 4 is 45.3 Å². The molecule has 0 bridgehead atoms. The van der Waals surface area contributed by atoms with E-state index in [9.17, 15) is 19.8 Å². The summed E-state index contributed by atoms with van der Waals surface area (Å²) in [6, 6.07) is 3.36. The van der Waals surface area contributed by atoms with Gasteiger partial charge in [-0.3, -0.25) is 4.79 Å². The number of carboxylic acid groups (broad SMARTS) is 1. The van der Waals surface area contributed by atoms with E-state index in [1.165, 1.54) is 28.0 Å². The van der Waals surface area contributed by atoms with Gasteiger partial charge in [0, 0.05) is 17.0 Å². The van der Waals surface area contributed by atoms with Gasteiger partial charge in [0.2, 0.25) is 5.91 Å². The summed E-state index contributed by atoms with van der Waals surface area (Å²) in [4.78, 5) is 34.4. The van der Waals surface area contributed by atoms with Crippen molar-refractivity contribution in [2.75, 3.05) is 0 Å². The van der Waals surface area contributed by atoms with Crippen molar-refractivity contribution in [2.24, 2.45) is 11.8 Å². The molecule has 2 aliphatic rings. The summed E-state index contributed by atoms with van der Waals surface area (Å²) in [7, 11) is 0. The van der Waals surface area contributed by atoms with Crippen LogP contribution >= 0.6 is 23.1 Å². The number of aromatic nitrogens is 2. The number of carbonyl (C=O) groups is 2. The molecular formula is C16H14N3NaO4S2. The number of carbonyl (C=O) groups excluding carboxylic acids is 2. The molecule has 2 aromatic heterocycles. The number of thiazole rings is 1. The van der Waals surface area contributed by atoms with Crippen LogP contribution in [0.1, 0.15) is 13.8 Å². The molecule has 4 heterocycles. The van der Waals surface area contributed by atoms with Gasteiger partial charge in [-0.05, 0) is 19.1 Å². The smallest absolute Gasteiger partial charge is 0.543 e. The Morgan fingerprint density at radius 2 is 2.23 bits per heavy atom. The minimum atomic E-state index is -1.38. The van der Waals surface area contributed by atoms with Gasteiger partial charge in [-0.2, -0.15) is 0 Å². The van der Waals surface area contributed by atoms with Crippen molar-refractivity contribution in [1.29, 1.82) is 0 Å². The van der Waals surface area contributed by atoms with E-state index in [1.807, 2.05) is 19.1 Å². The molecule has 1 amide bonds. The molecule has 1 saturated heterocycles. The standard InChI is InChI=1S/C16H15N3O4S2.Na/c1-6-10-9(7(2)20)14(21)19(10)11(15(22)23)12(6)25-16-18-13-8(24-16)4-3-5-17-13;/h3-7,9-10,20H,1-2H3,(H,22,23);/q;+1/p-1. The van der Waals surface area contributed by atoms with Crippen LogP contribution in [-0.2, 0) is 9.59 Å². The Morgan fingerprint density at radius 3 is 2.85 bits per heavy atom. The molecule has 4 rings (SSSR count). The van der Waals surface area contributed by atoms with Gasteiger partial charge in [-0.1, -0.05) is 18.7 Å². The predicted octanol–water partition coefficient (Wildman–Crippen LogP) is -2.39. The fraction of sp³-hybridized carbons (Fsp3) is 0.375. The molecule has 0 spiro atoms. The van der Waals surface area contributed by atoms with Gasteiger partial charge in [-0.25, -0.2) is 9.97 Å². The number of aliphatic hydroxyl groups is 1. The van der Waals surface area contributed by atoms with Gasteiger partial charge in [-0.15, -0.1) is 11.3 Å². The third-order valence-electron chi connectivity index (χ3n) is 4.64. The van der Waals surface area contributed by atoms with Crippen molar-refractivity contribution in [3.8, 4) is 0 Å². The molecule has 1 N–H and O–H groups in total. The molecule has 7 nitrogen and oxygen atoms in total. The maximum atomic E-state index is 12.3. The number of nitrogens with zero attached hydrogens (tertiary/aromatic N) is 3. The van der Waals surface area contributed by atoms with Gasteiger partial charge in [0.25, 0.3) is 0 Å². The van der Waals surface area contributed by atoms with E-state index in [0.29, 0.717) is 14.9 Å². The third kappa shape index (κ3) is 2.90. The number of carboxylic acids is 1. The summed E-state index contributed by atoms with van der Waals surface area (Å²) < 4.78 is 1.57. The number of hydrogen-bond donors (Lipinski definition) is 1. The Bertz CT molecular complexity index is 896. The zero-order chi connectivity index (χ0) is 17.9. The molecule has 2 aromatic rings. The predicted molar refractivity (Wildman–Crippen MR) is 90.3 cm³/mol. The third-order valence-corrected chi connectivity index (χ3v) is 7.00. The Kier molecular flexibility index (Phi) is 5.49. The van der Waals surface area contributed by atoms with Crippen LogP contribution < -0.4 is 34.7 Å². The maximum Gasteiger partial charge on any atom is 1.00 e. The number of pyridine rings is 1. The Hall–Kier alpha value is -0.970. The second kappa shape index (κ2) is 7.21. The number of thioether (sulfide) groups is 1. The van der Waals surface area contributed by atoms with Crippen molar-refractivity contribution in [3.05, 3.63) is 28.9 Å². The Labute approximate surface area is 179 Å². The fourth-order valence-electron chi connectivity index (χ4n) is 3.53. The first-order valence-electron chi connectivity index (χ1n) is 7.76. The summed E-state index contributed by atoms with van der Waals surface area (Å²) in [5.41, 5.74) is 0.508. The second-order valence-electron chi connectivity index (χ2n) is 6.16. The van der Waals surface area contributed by atoms with Gasteiger partial charge >= 0.3 is 29.6 Å². The van der Waals surface area contributed by atoms with Crippen LogP contribution in [0, 0.1) is 11.8 Å². The van der Waals surface area contributed by atoms with E-state index in [1.54, 1.807) is 13.1 Å². The average Bonchev–Trinajstić information content (AvgIpc) is 3.05. The van der Waals surface area contributed by atoms with Crippen LogP contribution in [0.25, 0.3) is 10.3 Å². The van der Waals surface area contributed by atoms with Gasteiger partial charge in [0.1, 0.15) is 0 Å². The number of rotatable bonds is 4. The van der Waals surface area contributed by atoms with Crippen molar-refractivity contribution in [1.82, 2.24) is 14.9 Å². The van der Waals surface area contributed by atoms with E-state index in [-0.39, 0.29) is 53.1 Å². The van der Waals surface area contributed by atoms with E-state index in [0.717, 1.165) is 4.70 Å². The number of aliphatic hydroxyl groups excluding tert-OH is 1. The molecule has 2 aliphatic heterocycles. The SMILES string of the molecule is CC(O)C1C(=O)N2C(C(=O)[O-])=C(Sc3nc4ncccc4s3)C(C)C12.[Na+]. The number of aliphatic carboxylic acids is 1. The molecule has 0 aromatic carbocycles. The largest absolute Gasteiger partial charge is 1.00 e. The Morgan fingerprint density at radius 1 is 1.50 bits per heavy atom. The van der Waals surface area contributed by atoms with Crippen molar-refractivity contribution in [3.63, 3.8) is 0 Å². The molecule has 0 saturated carbocycles. The van der Waals surface area contributed by atoms with E-state index in [4.69, 9.17) is 0 Å². The van der Waals surface area contributed by atoms with Gasteiger partial charge in [0.15, 0.2) is 9.99 Å². The molecule has 4 atom stereocenters. The molecule has 10 heteroatoms. The summed E-state index contributed by atoms with van der Waals surface area (Å²) in [5.74, 6) is -2.55.